The topological polar surface area (TPSA) is 62.3 Å². The van der Waals surface area contributed by atoms with E-state index in [4.69, 9.17) is 9.47 Å². The van der Waals surface area contributed by atoms with Gasteiger partial charge >= 0.3 is 0 Å². The van der Waals surface area contributed by atoms with E-state index in [0.717, 1.165) is 24.5 Å². The fourth-order valence-corrected chi connectivity index (χ4v) is 3.39. The molecule has 1 aliphatic heterocycles. The number of carbonyl (C=O) groups excluding carboxylic acids is 2. The minimum Gasteiger partial charge on any atom is -0.497 e. The molecule has 1 heterocycles. The van der Waals surface area contributed by atoms with Gasteiger partial charge in [-0.2, -0.15) is 0 Å². The summed E-state index contributed by atoms with van der Waals surface area (Å²) < 4.78 is 10.4. The molecule has 0 aliphatic carbocycles. The van der Waals surface area contributed by atoms with Gasteiger partial charge < -0.3 is 24.2 Å². The van der Waals surface area contributed by atoms with Crippen LogP contribution < -0.4 is 19.3 Å². The summed E-state index contributed by atoms with van der Waals surface area (Å²) in [6, 6.07) is 15.1. The van der Waals surface area contributed by atoms with Gasteiger partial charge in [-0.3, -0.25) is 9.59 Å². The highest BCUT2D eigenvalue weighted by molar-refractivity contribution is 5.97. The second kappa shape index (κ2) is 9.32. The lowest BCUT2D eigenvalue weighted by Gasteiger charge is -2.37. The molecule has 2 aromatic carbocycles. The van der Waals surface area contributed by atoms with E-state index in [-0.39, 0.29) is 18.4 Å². The summed E-state index contributed by atoms with van der Waals surface area (Å²) in [5.41, 5.74) is 1.80. The molecular formula is C22H27N3O4. The van der Waals surface area contributed by atoms with E-state index in [9.17, 15) is 9.59 Å². The fraction of sp³-hybridized carbons (Fsp3) is 0.364. The Hall–Kier alpha value is -3.22. The SMILES string of the molecule is COc1ccc(N2CCN(C(=O)CN(C(C)=O)c3ccc(OC)cc3)CC2)cc1. The van der Waals surface area contributed by atoms with Crippen LogP contribution in [0.4, 0.5) is 11.4 Å². The lowest BCUT2D eigenvalue weighted by atomic mass is 10.2. The number of hydrogen-bond acceptors (Lipinski definition) is 5. The second-order valence-electron chi connectivity index (χ2n) is 6.87. The van der Waals surface area contributed by atoms with Crippen LogP contribution in [-0.2, 0) is 9.59 Å². The lowest BCUT2D eigenvalue weighted by molar-refractivity contribution is -0.131. The summed E-state index contributed by atoms with van der Waals surface area (Å²) >= 11 is 0. The van der Waals surface area contributed by atoms with Crippen molar-refractivity contribution in [3.05, 3.63) is 48.5 Å². The minimum atomic E-state index is -0.166. The van der Waals surface area contributed by atoms with Crippen molar-refractivity contribution in [1.82, 2.24) is 4.90 Å². The number of anilines is 2. The Morgan fingerprint density at radius 1 is 0.862 bits per heavy atom. The third-order valence-corrected chi connectivity index (χ3v) is 5.13. The molecule has 2 amide bonds. The Morgan fingerprint density at radius 3 is 1.86 bits per heavy atom. The molecule has 7 heteroatoms. The molecule has 3 rings (SSSR count). The quantitative estimate of drug-likeness (QED) is 0.749. The van der Waals surface area contributed by atoms with Crippen molar-refractivity contribution < 1.29 is 19.1 Å². The molecule has 7 nitrogen and oxygen atoms in total. The third-order valence-electron chi connectivity index (χ3n) is 5.13. The molecular weight excluding hydrogens is 370 g/mol. The Morgan fingerprint density at radius 2 is 1.38 bits per heavy atom. The number of hydrogen-bond donors (Lipinski definition) is 0. The number of ether oxygens (including phenoxy) is 2. The monoisotopic (exact) mass is 397 g/mol. The Balaban J connectivity index is 1.59. The van der Waals surface area contributed by atoms with E-state index in [0.29, 0.717) is 24.5 Å². The van der Waals surface area contributed by atoms with Gasteiger partial charge in [-0.1, -0.05) is 0 Å². The number of rotatable bonds is 6. The summed E-state index contributed by atoms with van der Waals surface area (Å²) in [7, 11) is 3.24. The predicted octanol–water partition coefficient (Wildman–Crippen LogP) is 2.41. The van der Waals surface area contributed by atoms with Crippen LogP contribution in [0.25, 0.3) is 0 Å². The molecule has 2 aromatic rings. The molecule has 154 valence electrons. The van der Waals surface area contributed by atoms with E-state index in [1.165, 1.54) is 11.8 Å². The second-order valence-corrected chi connectivity index (χ2v) is 6.87. The summed E-state index contributed by atoms with van der Waals surface area (Å²) in [6.07, 6.45) is 0. The van der Waals surface area contributed by atoms with Gasteiger partial charge in [-0.05, 0) is 48.5 Å². The molecule has 0 spiro atoms. The zero-order valence-corrected chi connectivity index (χ0v) is 17.1. The third kappa shape index (κ3) is 4.99. The van der Waals surface area contributed by atoms with E-state index < -0.39 is 0 Å². The Kier molecular flexibility index (Phi) is 6.59. The van der Waals surface area contributed by atoms with Crippen LogP contribution in [0.2, 0.25) is 0 Å². The largest absolute Gasteiger partial charge is 0.497 e. The van der Waals surface area contributed by atoms with Crippen LogP contribution in [0, 0.1) is 0 Å². The van der Waals surface area contributed by atoms with Crippen molar-refractivity contribution in [3.63, 3.8) is 0 Å². The zero-order valence-electron chi connectivity index (χ0n) is 17.1. The molecule has 0 atom stereocenters. The lowest BCUT2D eigenvalue weighted by Crippen LogP contribution is -2.51. The van der Waals surface area contributed by atoms with Gasteiger partial charge in [0.15, 0.2) is 0 Å². The van der Waals surface area contributed by atoms with E-state index >= 15 is 0 Å². The summed E-state index contributed by atoms with van der Waals surface area (Å²) in [5, 5.41) is 0. The van der Waals surface area contributed by atoms with Crippen molar-refractivity contribution in [3.8, 4) is 11.5 Å². The number of amides is 2. The normalized spacial score (nSPS) is 13.8. The number of carbonyl (C=O) groups is 2. The van der Waals surface area contributed by atoms with Crippen LogP contribution in [0.3, 0.4) is 0 Å². The maximum Gasteiger partial charge on any atom is 0.242 e. The van der Waals surface area contributed by atoms with Gasteiger partial charge in [0.05, 0.1) is 14.2 Å². The highest BCUT2D eigenvalue weighted by Crippen LogP contribution is 2.22. The standard InChI is InChI=1S/C22H27N3O4/c1-17(26)25(19-6-10-21(29-3)11-7-19)16-22(27)24-14-12-23(13-15-24)18-4-8-20(28-2)9-5-18/h4-11H,12-16H2,1-3H3. The molecule has 0 N–H and O–H groups in total. The summed E-state index contributed by atoms with van der Waals surface area (Å²) in [4.78, 5) is 30.5. The van der Waals surface area contributed by atoms with Crippen molar-refractivity contribution >= 4 is 23.2 Å². The Labute approximate surface area is 171 Å². The highest BCUT2D eigenvalue weighted by Gasteiger charge is 2.24. The number of methoxy groups -OCH3 is 2. The predicted molar refractivity (Wildman–Crippen MR) is 113 cm³/mol. The van der Waals surface area contributed by atoms with Gasteiger partial charge in [0.2, 0.25) is 11.8 Å². The fourth-order valence-electron chi connectivity index (χ4n) is 3.39. The van der Waals surface area contributed by atoms with Crippen LogP contribution in [-0.4, -0.2) is 63.7 Å². The van der Waals surface area contributed by atoms with Crippen LogP contribution in [0.5, 0.6) is 11.5 Å². The minimum absolute atomic E-state index is 0.0319. The summed E-state index contributed by atoms with van der Waals surface area (Å²) in [5.74, 6) is 1.31. The average Bonchev–Trinajstić information content (AvgIpc) is 2.77. The first-order valence-corrected chi connectivity index (χ1v) is 9.60. The molecule has 0 saturated carbocycles. The highest BCUT2D eigenvalue weighted by atomic mass is 16.5. The number of benzene rings is 2. The maximum absolute atomic E-state index is 12.8. The van der Waals surface area contributed by atoms with Crippen LogP contribution in [0.15, 0.2) is 48.5 Å². The first-order chi connectivity index (χ1) is 14.0. The number of piperazine rings is 1. The number of nitrogens with zero attached hydrogens (tertiary/aromatic N) is 3. The molecule has 0 radical (unpaired) electrons. The van der Waals surface area contributed by atoms with Gasteiger partial charge in [0.25, 0.3) is 0 Å². The average molecular weight is 397 g/mol. The molecule has 1 aliphatic rings. The smallest absolute Gasteiger partial charge is 0.242 e. The maximum atomic E-state index is 12.8. The molecule has 1 saturated heterocycles. The van der Waals surface area contributed by atoms with Crippen molar-refractivity contribution in [2.24, 2.45) is 0 Å². The zero-order chi connectivity index (χ0) is 20.8. The van der Waals surface area contributed by atoms with Gasteiger partial charge in [-0.25, -0.2) is 0 Å². The van der Waals surface area contributed by atoms with Crippen LogP contribution >= 0.6 is 0 Å². The van der Waals surface area contributed by atoms with Crippen molar-refractivity contribution in [2.45, 2.75) is 6.92 Å². The van der Waals surface area contributed by atoms with Gasteiger partial charge in [-0.15, -0.1) is 0 Å². The van der Waals surface area contributed by atoms with E-state index in [2.05, 4.69) is 4.90 Å². The first-order valence-electron chi connectivity index (χ1n) is 9.60. The molecule has 0 aromatic heterocycles. The first kappa shape index (κ1) is 20.5. The summed E-state index contributed by atoms with van der Waals surface area (Å²) in [6.45, 7) is 4.25. The Bertz CT molecular complexity index is 828. The molecule has 0 bridgehead atoms. The molecule has 29 heavy (non-hydrogen) atoms. The van der Waals surface area contributed by atoms with E-state index in [1.54, 1.807) is 38.5 Å². The van der Waals surface area contributed by atoms with E-state index in [1.807, 2.05) is 29.2 Å². The van der Waals surface area contributed by atoms with Crippen molar-refractivity contribution in [1.29, 1.82) is 0 Å². The van der Waals surface area contributed by atoms with Crippen LogP contribution in [0.1, 0.15) is 6.92 Å². The molecule has 1 fully saturated rings. The van der Waals surface area contributed by atoms with Gasteiger partial charge in [0.1, 0.15) is 18.0 Å². The molecule has 0 unspecified atom stereocenters. The van der Waals surface area contributed by atoms with Crippen molar-refractivity contribution in [2.75, 3.05) is 56.7 Å². The van der Waals surface area contributed by atoms with Gasteiger partial charge in [0, 0.05) is 44.5 Å².